The Bertz CT molecular complexity index is 1040. The molecule has 0 aliphatic carbocycles. The van der Waals surface area contributed by atoms with Crippen molar-refractivity contribution in [2.24, 2.45) is 0 Å². The first kappa shape index (κ1) is 26.3. The van der Waals surface area contributed by atoms with E-state index in [0.717, 1.165) is 10.7 Å². The molecule has 2 rings (SSSR count). The van der Waals surface area contributed by atoms with E-state index < -0.39 is 16.1 Å². The summed E-state index contributed by atoms with van der Waals surface area (Å²) in [6, 6.07) is 5.33. The van der Waals surface area contributed by atoms with Gasteiger partial charge in [-0.3, -0.25) is 4.55 Å². The highest BCUT2D eigenvalue weighted by atomic mass is 127. The molecule has 0 aliphatic rings. The summed E-state index contributed by atoms with van der Waals surface area (Å²) in [5.41, 5.74) is 0.490. The van der Waals surface area contributed by atoms with E-state index in [1.807, 2.05) is 73.8 Å². The van der Waals surface area contributed by atoms with Gasteiger partial charge in [-0.25, -0.2) is 4.79 Å². The van der Waals surface area contributed by atoms with E-state index in [4.69, 9.17) is 9.47 Å². The molecule has 0 saturated carbocycles. The molecular weight excluding hydrogens is 1070 g/mol. The van der Waals surface area contributed by atoms with Gasteiger partial charge in [-0.15, -0.1) is 0 Å². The van der Waals surface area contributed by atoms with Gasteiger partial charge in [-0.2, -0.15) is 8.42 Å². The first-order valence-electron chi connectivity index (χ1n) is 7.03. The van der Waals surface area contributed by atoms with Crippen LogP contribution >= 0.6 is 136 Å². The minimum Gasteiger partial charge on any atom is -0.488 e. The van der Waals surface area contributed by atoms with Gasteiger partial charge in [0.2, 0.25) is 0 Å². The van der Waals surface area contributed by atoms with Crippen LogP contribution in [0.5, 0.6) is 5.75 Å². The van der Waals surface area contributed by atoms with Crippen LogP contribution in [0.2, 0.25) is 0 Å². The molecule has 0 spiro atoms. The van der Waals surface area contributed by atoms with E-state index in [-0.39, 0.29) is 21.7 Å². The number of halogens is 6. The maximum atomic E-state index is 12.3. The lowest BCUT2D eigenvalue weighted by Gasteiger charge is -2.14. The van der Waals surface area contributed by atoms with E-state index in [2.05, 4.69) is 67.8 Å². The molecule has 0 unspecified atom stereocenters. The highest BCUT2D eigenvalue weighted by molar-refractivity contribution is 14.1. The molecular formula is C15H8I6O6S. The minimum absolute atomic E-state index is 0.00365. The standard InChI is InChI=1S/C15H8I6O6S/c16-6-3-7(11(20)8(17)4-6)15(22)27-2-1-26-13-9(18)5-10(19)14(12(13)21)28(23,24)25/h3-5H,1-2H2,(H,23,24,25). The first-order valence-corrected chi connectivity index (χ1v) is 14.9. The second kappa shape index (κ2) is 11.2. The fourth-order valence-corrected chi connectivity index (χ4v) is 10.3. The van der Waals surface area contributed by atoms with Crippen LogP contribution < -0.4 is 4.74 Å². The van der Waals surface area contributed by atoms with Crippen molar-refractivity contribution in [3.05, 3.63) is 45.2 Å². The Hall–Kier alpha value is 2.00. The Morgan fingerprint density at radius 3 is 2.14 bits per heavy atom. The molecule has 13 heteroatoms. The summed E-state index contributed by atoms with van der Waals surface area (Å²) < 4.78 is 47.7. The number of carbonyl (C=O) groups excluding carboxylic acids is 1. The van der Waals surface area contributed by atoms with Gasteiger partial charge in [0.15, 0.2) is 0 Å². The number of carbonyl (C=O) groups is 1. The quantitative estimate of drug-likeness (QED) is 0.130. The van der Waals surface area contributed by atoms with Gasteiger partial charge in [-0.1, -0.05) is 0 Å². The van der Waals surface area contributed by atoms with E-state index in [1.165, 1.54) is 0 Å². The molecule has 0 heterocycles. The van der Waals surface area contributed by atoms with Crippen LogP contribution in [0.1, 0.15) is 10.4 Å². The Kier molecular flexibility index (Phi) is 10.5. The second-order valence-corrected chi connectivity index (χ2v) is 13.3. The van der Waals surface area contributed by atoms with Crippen LogP contribution in [0.25, 0.3) is 0 Å². The SMILES string of the molecule is O=C(OCCOc1c(I)cc(I)c(S(=O)(=O)O)c1I)c1cc(I)cc(I)c1I. The Balaban J connectivity index is 2.10. The molecule has 0 saturated heterocycles. The third kappa shape index (κ3) is 6.75. The maximum Gasteiger partial charge on any atom is 0.339 e. The van der Waals surface area contributed by atoms with Crippen LogP contribution in [-0.2, 0) is 14.9 Å². The van der Waals surface area contributed by atoms with Crippen molar-refractivity contribution in [1.29, 1.82) is 0 Å². The van der Waals surface area contributed by atoms with Crippen molar-refractivity contribution in [2.75, 3.05) is 13.2 Å². The summed E-state index contributed by atoms with van der Waals surface area (Å²) in [7, 11) is -4.38. The third-order valence-corrected chi connectivity index (χ3v) is 11.1. The molecule has 0 atom stereocenters. The maximum absolute atomic E-state index is 12.3. The van der Waals surface area contributed by atoms with Gasteiger partial charge >= 0.3 is 5.97 Å². The van der Waals surface area contributed by atoms with Crippen molar-refractivity contribution < 1.29 is 27.2 Å². The summed E-state index contributed by atoms with van der Waals surface area (Å²) in [6.07, 6.45) is 0. The molecule has 1 N–H and O–H groups in total. The highest BCUT2D eigenvalue weighted by Crippen LogP contribution is 2.36. The zero-order valence-electron chi connectivity index (χ0n) is 13.3. The lowest BCUT2D eigenvalue weighted by atomic mass is 10.2. The molecule has 2 aromatic rings. The zero-order valence-corrected chi connectivity index (χ0v) is 27.1. The predicted octanol–water partition coefficient (Wildman–Crippen LogP) is 5.80. The van der Waals surface area contributed by atoms with Crippen molar-refractivity contribution in [2.45, 2.75) is 4.90 Å². The Labute approximate surface area is 243 Å². The summed E-state index contributed by atoms with van der Waals surface area (Å²) in [5.74, 6) is -0.126. The molecule has 0 aromatic heterocycles. The van der Waals surface area contributed by atoms with Crippen LogP contribution in [0.3, 0.4) is 0 Å². The lowest BCUT2D eigenvalue weighted by Crippen LogP contribution is -2.15. The van der Waals surface area contributed by atoms with Gasteiger partial charge in [0.25, 0.3) is 10.1 Å². The van der Waals surface area contributed by atoms with E-state index in [0.29, 0.717) is 18.5 Å². The fourth-order valence-electron chi connectivity index (χ4n) is 1.98. The van der Waals surface area contributed by atoms with Gasteiger partial charge in [0.1, 0.15) is 23.9 Å². The molecule has 2 aromatic carbocycles. The lowest BCUT2D eigenvalue weighted by molar-refractivity contribution is 0.0448. The summed E-state index contributed by atoms with van der Waals surface area (Å²) in [6.45, 7) is 0.0389. The number of rotatable bonds is 6. The number of hydrogen-bond acceptors (Lipinski definition) is 5. The molecule has 0 radical (unpaired) electrons. The summed E-state index contributed by atoms with van der Waals surface area (Å²) >= 11 is 12.1. The molecule has 0 bridgehead atoms. The molecule has 6 nitrogen and oxygen atoms in total. The van der Waals surface area contributed by atoms with Crippen LogP contribution in [-0.4, -0.2) is 32.2 Å². The van der Waals surface area contributed by atoms with E-state index in [9.17, 15) is 17.8 Å². The highest BCUT2D eigenvalue weighted by Gasteiger charge is 2.24. The number of hydrogen-bond donors (Lipinski definition) is 1. The van der Waals surface area contributed by atoms with Gasteiger partial charge in [-0.05, 0) is 154 Å². The first-order chi connectivity index (χ1) is 12.9. The molecule has 28 heavy (non-hydrogen) atoms. The number of esters is 1. The Morgan fingerprint density at radius 1 is 0.893 bits per heavy atom. The largest absolute Gasteiger partial charge is 0.488 e. The van der Waals surface area contributed by atoms with Crippen molar-refractivity contribution in [1.82, 2.24) is 0 Å². The fraction of sp³-hybridized carbons (Fsp3) is 0.133. The predicted molar refractivity (Wildman–Crippen MR) is 155 cm³/mol. The zero-order chi connectivity index (χ0) is 21.2. The Morgan fingerprint density at radius 2 is 1.54 bits per heavy atom. The van der Waals surface area contributed by atoms with Crippen LogP contribution in [0.4, 0.5) is 0 Å². The smallest absolute Gasteiger partial charge is 0.339 e. The van der Waals surface area contributed by atoms with Gasteiger partial charge in [0, 0.05) is 14.3 Å². The molecule has 0 aliphatic heterocycles. The number of benzene rings is 2. The van der Waals surface area contributed by atoms with Crippen LogP contribution in [0, 0.1) is 21.4 Å². The van der Waals surface area contributed by atoms with E-state index in [1.54, 1.807) is 12.1 Å². The second-order valence-electron chi connectivity index (χ2n) is 5.02. The summed E-state index contributed by atoms with van der Waals surface area (Å²) in [4.78, 5) is 12.1. The van der Waals surface area contributed by atoms with Crippen LogP contribution in [0.15, 0.2) is 23.1 Å². The normalized spacial score (nSPS) is 11.4. The van der Waals surface area contributed by atoms with E-state index >= 15 is 0 Å². The van der Waals surface area contributed by atoms with Crippen molar-refractivity contribution in [3.8, 4) is 5.75 Å². The molecule has 0 amide bonds. The van der Waals surface area contributed by atoms with Gasteiger partial charge in [0.05, 0.1) is 12.7 Å². The monoisotopic (exact) mass is 1080 g/mol. The average Bonchev–Trinajstić information content (AvgIpc) is 2.55. The topological polar surface area (TPSA) is 89.9 Å². The number of ether oxygens (including phenoxy) is 2. The minimum atomic E-state index is -4.38. The molecule has 0 fully saturated rings. The third-order valence-electron chi connectivity index (χ3n) is 3.12. The molecule has 152 valence electrons. The average molecular weight is 1080 g/mol. The van der Waals surface area contributed by atoms with Gasteiger partial charge < -0.3 is 9.47 Å². The van der Waals surface area contributed by atoms with Crippen molar-refractivity contribution >= 4 is 152 Å². The van der Waals surface area contributed by atoms with Crippen molar-refractivity contribution in [3.63, 3.8) is 0 Å². The summed E-state index contributed by atoms with van der Waals surface area (Å²) in [5, 5.41) is 0.